The van der Waals surface area contributed by atoms with E-state index in [1.807, 2.05) is 24.3 Å². The molecule has 7 heteroatoms. The van der Waals surface area contributed by atoms with Crippen molar-refractivity contribution in [3.05, 3.63) is 69.9 Å². The number of hydrogen-bond donors (Lipinski definition) is 1. The molecule has 7 nitrogen and oxygen atoms in total. The van der Waals surface area contributed by atoms with Crippen molar-refractivity contribution in [2.24, 2.45) is 0 Å². The van der Waals surface area contributed by atoms with Gasteiger partial charge in [-0.2, -0.15) is 5.10 Å². The number of para-hydroxylation sites is 2. The molecule has 0 saturated carbocycles. The van der Waals surface area contributed by atoms with Gasteiger partial charge in [-0.15, -0.1) is 0 Å². The summed E-state index contributed by atoms with van der Waals surface area (Å²) in [4.78, 5) is 24.6. The standard InChI is InChI=1S/C16H14N4O3/c1-19(10-11-6-2-5-9-14(11)20(22)23)16(21)15-12-7-3-4-8-13(12)17-18-15/h2-9H,10H2,1H3,(H,17,18). The summed E-state index contributed by atoms with van der Waals surface area (Å²) in [5.74, 6) is -0.291. The number of nitrogens with zero attached hydrogens (tertiary/aromatic N) is 3. The van der Waals surface area contributed by atoms with Crippen LogP contribution in [0.25, 0.3) is 10.9 Å². The maximum atomic E-state index is 12.6. The summed E-state index contributed by atoms with van der Waals surface area (Å²) in [5, 5.41) is 18.7. The molecule has 0 fully saturated rings. The monoisotopic (exact) mass is 310 g/mol. The van der Waals surface area contributed by atoms with Crippen LogP contribution >= 0.6 is 0 Å². The first kappa shape index (κ1) is 14.7. The number of carbonyl (C=O) groups is 1. The topological polar surface area (TPSA) is 92.1 Å². The fourth-order valence-electron chi connectivity index (χ4n) is 2.46. The highest BCUT2D eigenvalue weighted by molar-refractivity contribution is 6.04. The van der Waals surface area contributed by atoms with Crippen LogP contribution in [-0.4, -0.2) is 33.0 Å². The number of hydrogen-bond acceptors (Lipinski definition) is 4. The Kier molecular flexibility index (Phi) is 3.76. The van der Waals surface area contributed by atoms with E-state index in [1.54, 1.807) is 25.2 Å². The van der Waals surface area contributed by atoms with Crippen molar-refractivity contribution in [2.75, 3.05) is 7.05 Å². The Hall–Kier alpha value is -3.22. The van der Waals surface area contributed by atoms with Crippen molar-refractivity contribution in [3.63, 3.8) is 0 Å². The maximum Gasteiger partial charge on any atom is 0.275 e. The third-order valence-electron chi connectivity index (χ3n) is 3.62. The number of benzene rings is 2. The smallest absolute Gasteiger partial charge is 0.275 e. The molecule has 23 heavy (non-hydrogen) atoms. The van der Waals surface area contributed by atoms with Crippen LogP contribution in [0.3, 0.4) is 0 Å². The van der Waals surface area contributed by atoms with E-state index in [2.05, 4.69) is 10.2 Å². The Bertz CT molecular complexity index is 888. The Morgan fingerprint density at radius 1 is 1.22 bits per heavy atom. The van der Waals surface area contributed by atoms with Gasteiger partial charge in [-0.05, 0) is 6.07 Å². The minimum Gasteiger partial charge on any atom is -0.336 e. The predicted molar refractivity (Wildman–Crippen MR) is 85.0 cm³/mol. The van der Waals surface area contributed by atoms with Gasteiger partial charge in [-0.25, -0.2) is 0 Å². The van der Waals surface area contributed by atoms with Gasteiger partial charge in [0.25, 0.3) is 11.6 Å². The SMILES string of the molecule is CN(Cc1ccccc1[N+](=O)[O-])C(=O)c1n[nH]c2ccccc12. The quantitative estimate of drug-likeness (QED) is 0.592. The molecular weight excluding hydrogens is 296 g/mol. The number of amides is 1. The predicted octanol–water partition coefficient (Wildman–Crippen LogP) is 2.74. The second kappa shape index (κ2) is 5.88. The highest BCUT2D eigenvalue weighted by Crippen LogP contribution is 2.21. The maximum absolute atomic E-state index is 12.6. The molecule has 3 aromatic rings. The van der Waals surface area contributed by atoms with E-state index in [1.165, 1.54) is 11.0 Å². The molecule has 0 unspecified atom stereocenters. The van der Waals surface area contributed by atoms with Crippen LogP contribution in [0.1, 0.15) is 16.1 Å². The summed E-state index contributed by atoms with van der Waals surface area (Å²) in [5.41, 5.74) is 1.56. The largest absolute Gasteiger partial charge is 0.336 e. The second-order valence-corrected chi connectivity index (χ2v) is 5.16. The molecule has 0 saturated heterocycles. The van der Waals surface area contributed by atoms with Gasteiger partial charge >= 0.3 is 0 Å². The first-order valence-corrected chi connectivity index (χ1v) is 6.99. The zero-order chi connectivity index (χ0) is 16.4. The third-order valence-corrected chi connectivity index (χ3v) is 3.62. The van der Waals surface area contributed by atoms with Gasteiger partial charge in [0.15, 0.2) is 5.69 Å². The lowest BCUT2D eigenvalue weighted by Gasteiger charge is -2.16. The summed E-state index contributed by atoms with van der Waals surface area (Å²) in [7, 11) is 1.60. The van der Waals surface area contributed by atoms with E-state index in [9.17, 15) is 14.9 Å². The minimum atomic E-state index is -0.447. The summed E-state index contributed by atoms with van der Waals surface area (Å²) in [6.45, 7) is 0.136. The van der Waals surface area contributed by atoms with Crippen LogP contribution in [0.2, 0.25) is 0 Å². The molecule has 0 atom stereocenters. The van der Waals surface area contributed by atoms with E-state index in [0.717, 1.165) is 10.9 Å². The highest BCUT2D eigenvalue weighted by atomic mass is 16.6. The second-order valence-electron chi connectivity index (χ2n) is 5.16. The number of nitrogens with one attached hydrogen (secondary N) is 1. The molecule has 1 aromatic heterocycles. The molecule has 0 radical (unpaired) electrons. The van der Waals surface area contributed by atoms with Crippen LogP contribution in [0.4, 0.5) is 5.69 Å². The van der Waals surface area contributed by atoms with Crippen molar-refractivity contribution >= 4 is 22.5 Å². The zero-order valence-corrected chi connectivity index (χ0v) is 12.4. The normalized spacial score (nSPS) is 10.7. The molecular formula is C16H14N4O3. The van der Waals surface area contributed by atoms with Gasteiger partial charge in [-0.1, -0.05) is 36.4 Å². The molecule has 0 bridgehead atoms. The highest BCUT2D eigenvalue weighted by Gasteiger charge is 2.21. The molecule has 0 aliphatic carbocycles. The van der Waals surface area contributed by atoms with E-state index in [-0.39, 0.29) is 18.1 Å². The number of fused-ring (bicyclic) bond motifs is 1. The first-order valence-electron chi connectivity index (χ1n) is 6.99. The number of aromatic amines is 1. The third kappa shape index (κ3) is 2.76. The number of nitro benzene ring substituents is 1. The Labute approximate surface area is 131 Å². The lowest BCUT2D eigenvalue weighted by atomic mass is 10.1. The van der Waals surface area contributed by atoms with Crippen molar-refractivity contribution in [3.8, 4) is 0 Å². The van der Waals surface area contributed by atoms with Crippen molar-refractivity contribution in [1.82, 2.24) is 15.1 Å². The number of nitro groups is 1. The summed E-state index contributed by atoms with van der Waals surface area (Å²) < 4.78 is 0. The van der Waals surface area contributed by atoms with Gasteiger partial charge in [-0.3, -0.25) is 20.0 Å². The average molecular weight is 310 g/mol. The van der Waals surface area contributed by atoms with Gasteiger partial charge in [0, 0.05) is 24.1 Å². The van der Waals surface area contributed by atoms with Crippen LogP contribution in [0, 0.1) is 10.1 Å². The molecule has 1 amide bonds. The molecule has 0 aliphatic rings. The molecule has 1 N–H and O–H groups in total. The molecule has 116 valence electrons. The Balaban J connectivity index is 1.88. The summed E-state index contributed by atoms with van der Waals surface area (Å²) in [6.07, 6.45) is 0. The van der Waals surface area contributed by atoms with Crippen LogP contribution in [0.5, 0.6) is 0 Å². The van der Waals surface area contributed by atoms with E-state index in [0.29, 0.717) is 11.3 Å². The summed E-state index contributed by atoms with van der Waals surface area (Å²) in [6, 6.07) is 13.7. The molecule has 1 heterocycles. The van der Waals surface area contributed by atoms with Gasteiger partial charge in [0.05, 0.1) is 17.0 Å². The Morgan fingerprint density at radius 3 is 2.70 bits per heavy atom. The number of H-pyrrole nitrogens is 1. The molecule has 3 rings (SSSR count). The number of rotatable bonds is 4. The van der Waals surface area contributed by atoms with Crippen molar-refractivity contribution < 1.29 is 9.72 Å². The summed E-state index contributed by atoms with van der Waals surface area (Å²) >= 11 is 0. The fraction of sp³-hybridized carbons (Fsp3) is 0.125. The fourth-order valence-corrected chi connectivity index (χ4v) is 2.46. The van der Waals surface area contributed by atoms with Gasteiger partial charge in [0.2, 0.25) is 0 Å². The van der Waals surface area contributed by atoms with E-state index < -0.39 is 4.92 Å². The molecule has 0 aliphatic heterocycles. The molecule has 0 spiro atoms. The Morgan fingerprint density at radius 2 is 1.91 bits per heavy atom. The lowest BCUT2D eigenvalue weighted by molar-refractivity contribution is -0.385. The average Bonchev–Trinajstić information content (AvgIpc) is 2.98. The minimum absolute atomic E-state index is 0.000893. The molecule has 2 aromatic carbocycles. The first-order chi connectivity index (χ1) is 11.1. The van der Waals surface area contributed by atoms with Gasteiger partial charge in [0.1, 0.15) is 0 Å². The zero-order valence-electron chi connectivity index (χ0n) is 12.4. The van der Waals surface area contributed by atoms with Crippen LogP contribution in [-0.2, 0) is 6.54 Å². The van der Waals surface area contributed by atoms with E-state index in [4.69, 9.17) is 0 Å². The lowest BCUT2D eigenvalue weighted by Crippen LogP contribution is -2.27. The number of aromatic nitrogens is 2. The van der Waals surface area contributed by atoms with E-state index >= 15 is 0 Å². The van der Waals surface area contributed by atoms with Gasteiger partial charge < -0.3 is 4.90 Å². The van der Waals surface area contributed by atoms with Crippen molar-refractivity contribution in [2.45, 2.75) is 6.54 Å². The van der Waals surface area contributed by atoms with Crippen LogP contribution < -0.4 is 0 Å². The van der Waals surface area contributed by atoms with Crippen molar-refractivity contribution in [1.29, 1.82) is 0 Å². The van der Waals surface area contributed by atoms with Crippen LogP contribution in [0.15, 0.2) is 48.5 Å². The number of carbonyl (C=O) groups excluding carboxylic acids is 1.